The lowest BCUT2D eigenvalue weighted by Crippen LogP contribution is -2.23. The molecule has 23 heavy (non-hydrogen) atoms. The minimum Gasteiger partial charge on any atom is -0.292 e. The van der Waals surface area contributed by atoms with Gasteiger partial charge in [0.15, 0.2) is 0 Å². The molecule has 1 atom stereocenters. The summed E-state index contributed by atoms with van der Waals surface area (Å²) in [5, 5.41) is 1.20. The second-order valence-corrected chi connectivity index (χ2v) is 9.04. The van der Waals surface area contributed by atoms with Crippen molar-refractivity contribution in [1.29, 1.82) is 0 Å². The molecule has 1 saturated heterocycles. The molecule has 3 heteroatoms. The molecular weight excluding hydrogens is 300 g/mol. The Morgan fingerprint density at radius 1 is 1.13 bits per heavy atom. The summed E-state index contributed by atoms with van der Waals surface area (Å²) in [5.74, 6) is 0. The molecule has 2 aromatic rings. The van der Waals surface area contributed by atoms with E-state index in [0.717, 1.165) is 6.54 Å². The summed E-state index contributed by atoms with van der Waals surface area (Å²) >= 11 is 1.88. The summed E-state index contributed by atoms with van der Waals surface area (Å²) in [6.45, 7) is 8.97. The molecule has 1 aliphatic heterocycles. The van der Waals surface area contributed by atoms with Crippen LogP contribution in [-0.2, 0) is 6.54 Å². The fourth-order valence-electron chi connectivity index (χ4n) is 3.22. The quantitative estimate of drug-likeness (QED) is 0.708. The first-order chi connectivity index (χ1) is 11.0. The van der Waals surface area contributed by atoms with E-state index in [1.54, 1.807) is 0 Å². The van der Waals surface area contributed by atoms with Gasteiger partial charge in [0.2, 0.25) is 0 Å². The van der Waals surface area contributed by atoms with Crippen molar-refractivity contribution < 1.29 is 0 Å². The highest BCUT2D eigenvalue weighted by Crippen LogP contribution is 2.40. The van der Waals surface area contributed by atoms with Crippen molar-refractivity contribution in [2.75, 3.05) is 6.54 Å². The normalized spacial score (nSPS) is 19.2. The summed E-state index contributed by atoms with van der Waals surface area (Å²) in [6.07, 6.45) is 4.43. The summed E-state index contributed by atoms with van der Waals surface area (Å²) in [6, 6.07) is 15.7. The Balaban J connectivity index is 1.83. The molecule has 1 aromatic carbocycles. The number of thioether (sulfide) groups is 1. The van der Waals surface area contributed by atoms with E-state index in [4.69, 9.17) is 0 Å². The molecule has 0 spiro atoms. The fraction of sp³-hybridized carbons (Fsp3) is 0.450. The molecule has 1 aliphatic rings. The van der Waals surface area contributed by atoms with Gasteiger partial charge >= 0.3 is 0 Å². The largest absolute Gasteiger partial charge is 0.292 e. The lowest BCUT2D eigenvalue weighted by Gasteiger charge is -2.27. The molecule has 3 rings (SSSR count). The lowest BCUT2D eigenvalue weighted by molar-refractivity contribution is 0.245. The van der Waals surface area contributed by atoms with Crippen molar-refractivity contribution in [3.05, 3.63) is 59.8 Å². The number of nitrogens with zero attached hydrogens (tertiary/aromatic N) is 2. The lowest BCUT2D eigenvalue weighted by atomic mass is 10.1. The number of hydrogen-bond donors (Lipinski definition) is 0. The monoisotopic (exact) mass is 326 g/mol. The van der Waals surface area contributed by atoms with Crippen molar-refractivity contribution in [1.82, 2.24) is 9.88 Å². The summed E-state index contributed by atoms with van der Waals surface area (Å²) in [7, 11) is 0. The van der Waals surface area contributed by atoms with Crippen LogP contribution in [-0.4, -0.2) is 21.2 Å². The second kappa shape index (κ2) is 7.06. The van der Waals surface area contributed by atoms with Crippen molar-refractivity contribution >= 4 is 11.8 Å². The van der Waals surface area contributed by atoms with E-state index in [1.807, 2.05) is 18.0 Å². The van der Waals surface area contributed by atoms with Crippen LogP contribution in [0.4, 0.5) is 0 Å². The van der Waals surface area contributed by atoms with E-state index < -0.39 is 0 Å². The molecule has 1 fully saturated rings. The number of likely N-dealkylation sites (tertiary alicyclic amines) is 1. The summed E-state index contributed by atoms with van der Waals surface area (Å²) in [4.78, 5) is 7.30. The van der Waals surface area contributed by atoms with Crippen LogP contribution in [0.15, 0.2) is 53.7 Å². The van der Waals surface area contributed by atoms with Crippen LogP contribution < -0.4 is 0 Å². The van der Waals surface area contributed by atoms with E-state index in [0.29, 0.717) is 6.04 Å². The standard InChI is InChI=1S/C20H26N2S/c1-20(2,3)23-19-17(11-7-13-21-19)18-12-8-14-22(18)15-16-9-5-4-6-10-16/h4-7,9-11,13,18H,8,12,14-15H2,1-3H3/t18-/m1/s1. The Morgan fingerprint density at radius 3 is 2.65 bits per heavy atom. The Hall–Kier alpha value is -1.32. The van der Waals surface area contributed by atoms with Gasteiger partial charge in [0, 0.05) is 29.1 Å². The van der Waals surface area contributed by atoms with Crippen LogP contribution in [0.1, 0.15) is 50.8 Å². The highest BCUT2D eigenvalue weighted by Gasteiger charge is 2.29. The van der Waals surface area contributed by atoms with E-state index in [9.17, 15) is 0 Å². The van der Waals surface area contributed by atoms with E-state index >= 15 is 0 Å². The molecule has 2 nitrogen and oxygen atoms in total. The zero-order valence-electron chi connectivity index (χ0n) is 14.3. The van der Waals surface area contributed by atoms with E-state index in [-0.39, 0.29) is 4.75 Å². The molecular formula is C20H26N2S. The van der Waals surface area contributed by atoms with E-state index in [2.05, 4.69) is 73.1 Å². The smallest absolute Gasteiger partial charge is 0.101 e. The number of pyridine rings is 1. The highest BCUT2D eigenvalue weighted by molar-refractivity contribution is 8.00. The van der Waals surface area contributed by atoms with Gasteiger partial charge < -0.3 is 0 Å². The first kappa shape index (κ1) is 16.5. The average Bonchev–Trinajstić information content (AvgIpc) is 2.95. The average molecular weight is 327 g/mol. The Morgan fingerprint density at radius 2 is 1.91 bits per heavy atom. The third kappa shape index (κ3) is 4.36. The topological polar surface area (TPSA) is 16.1 Å². The van der Waals surface area contributed by atoms with Crippen molar-refractivity contribution in [3.8, 4) is 0 Å². The SMILES string of the molecule is CC(C)(C)Sc1ncccc1[C@H]1CCCN1Cc1ccccc1. The van der Waals surface area contributed by atoms with Crippen molar-refractivity contribution in [3.63, 3.8) is 0 Å². The third-order valence-corrected chi connectivity index (χ3v) is 5.30. The number of hydrogen-bond acceptors (Lipinski definition) is 3. The van der Waals surface area contributed by atoms with Gasteiger partial charge in [0.05, 0.1) is 0 Å². The first-order valence-electron chi connectivity index (χ1n) is 8.45. The van der Waals surface area contributed by atoms with Gasteiger partial charge in [-0.05, 0) is 31.0 Å². The molecule has 0 radical (unpaired) electrons. The maximum absolute atomic E-state index is 4.69. The predicted molar refractivity (Wildman–Crippen MR) is 98.7 cm³/mol. The predicted octanol–water partition coefficient (Wildman–Crippen LogP) is 5.31. The van der Waals surface area contributed by atoms with Crippen LogP contribution in [0, 0.1) is 0 Å². The van der Waals surface area contributed by atoms with Crippen LogP contribution in [0.25, 0.3) is 0 Å². The van der Waals surface area contributed by atoms with Crippen LogP contribution in [0.2, 0.25) is 0 Å². The zero-order valence-corrected chi connectivity index (χ0v) is 15.1. The first-order valence-corrected chi connectivity index (χ1v) is 9.26. The van der Waals surface area contributed by atoms with Gasteiger partial charge in [-0.15, -0.1) is 11.8 Å². The van der Waals surface area contributed by atoms with Gasteiger partial charge in [-0.3, -0.25) is 4.90 Å². The zero-order chi connectivity index (χ0) is 16.3. The highest BCUT2D eigenvalue weighted by atomic mass is 32.2. The second-order valence-electron chi connectivity index (χ2n) is 7.23. The number of benzene rings is 1. The maximum Gasteiger partial charge on any atom is 0.101 e. The molecule has 0 unspecified atom stereocenters. The van der Waals surface area contributed by atoms with Crippen LogP contribution in [0.5, 0.6) is 0 Å². The third-order valence-electron chi connectivity index (χ3n) is 4.15. The van der Waals surface area contributed by atoms with Crippen molar-refractivity contribution in [2.45, 2.75) is 56.0 Å². The Kier molecular flexibility index (Phi) is 5.08. The molecule has 122 valence electrons. The van der Waals surface area contributed by atoms with Gasteiger partial charge in [0.1, 0.15) is 5.03 Å². The van der Waals surface area contributed by atoms with Gasteiger partial charge in [-0.2, -0.15) is 0 Å². The number of aromatic nitrogens is 1. The van der Waals surface area contributed by atoms with Crippen molar-refractivity contribution in [2.24, 2.45) is 0 Å². The van der Waals surface area contributed by atoms with Gasteiger partial charge in [0.25, 0.3) is 0 Å². The number of rotatable bonds is 4. The molecule has 2 heterocycles. The maximum atomic E-state index is 4.69. The minimum absolute atomic E-state index is 0.186. The molecule has 0 amide bonds. The van der Waals surface area contributed by atoms with Crippen LogP contribution in [0.3, 0.4) is 0 Å². The summed E-state index contributed by atoms with van der Waals surface area (Å²) < 4.78 is 0.186. The molecule has 0 N–H and O–H groups in total. The molecule has 0 saturated carbocycles. The minimum atomic E-state index is 0.186. The Labute approximate surface area is 144 Å². The molecule has 0 bridgehead atoms. The molecule has 0 aliphatic carbocycles. The van der Waals surface area contributed by atoms with Crippen LogP contribution >= 0.6 is 11.8 Å². The summed E-state index contributed by atoms with van der Waals surface area (Å²) in [5.41, 5.74) is 2.80. The van der Waals surface area contributed by atoms with Gasteiger partial charge in [-0.1, -0.05) is 57.2 Å². The Bertz CT molecular complexity index is 634. The molecule has 1 aromatic heterocycles. The van der Waals surface area contributed by atoms with Gasteiger partial charge in [-0.25, -0.2) is 4.98 Å². The fourth-order valence-corrected chi connectivity index (χ4v) is 4.23. The van der Waals surface area contributed by atoms with E-state index in [1.165, 1.54) is 35.5 Å².